The lowest BCUT2D eigenvalue weighted by Crippen LogP contribution is -2.50. The van der Waals surface area contributed by atoms with Crippen LogP contribution in [0.4, 0.5) is 0 Å². The van der Waals surface area contributed by atoms with E-state index in [1.54, 1.807) is 0 Å². The summed E-state index contributed by atoms with van der Waals surface area (Å²) >= 11 is 0. The maximum absolute atomic E-state index is 5.82. The topological polar surface area (TPSA) is 48.9 Å². The summed E-state index contributed by atoms with van der Waals surface area (Å²) in [4.78, 5) is 6.74. The summed E-state index contributed by atoms with van der Waals surface area (Å²) in [7, 11) is 1.82. The third kappa shape index (κ3) is 5.37. The summed E-state index contributed by atoms with van der Waals surface area (Å²) < 4.78 is 5.82. The molecule has 0 aromatic carbocycles. The van der Waals surface area contributed by atoms with Gasteiger partial charge in [-0.3, -0.25) is 9.89 Å². The zero-order valence-corrected chi connectivity index (χ0v) is 12.5. The number of hydrogen-bond acceptors (Lipinski definition) is 3. The third-order valence-corrected chi connectivity index (χ3v) is 3.49. The zero-order chi connectivity index (χ0) is 13.7. The number of nitrogens with one attached hydrogen (secondary N) is 2. The van der Waals surface area contributed by atoms with Crippen LogP contribution in [0, 0.1) is 5.92 Å². The van der Waals surface area contributed by atoms with Gasteiger partial charge in [-0.2, -0.15) is 0 Å². The van der Waals surface area contributed by atoms with E-state index in [1.807, 2.05) is 7.05 Å². The van der Waals surface area contributed by atoms with Crippen molar-refractivity contribution >= 4 is 5.96 Å². The van der Waals surface area contributed by atoms with E-state index in [9.17, 15) is 0 Å². The monoisotopic (exact) mass is 268 g/mol. The molecule has 0 amide bonds. The van der Waals surface area contributed by atoms with Crippen molar-refractivity contribution in [3.8, 4) is 0 Å². The van der Waals surface area contributed by atoms with E-state index in [-0.39, 0.29) is 6.10 Å². The Balaban J connectivity index is 1.69. The van der Waals surface area contributed by atoms with Crippen molar-refractivity contribution in [1.29, 1.82) is 0 Å². The molecule has 5 nitrogen and oxygen atoms in total. The van der Waals surface area contributed by atoms with E-state index in [4.69, 9.17) is 4.74 Å². The maximum atomic E-state index is 5.82. The second-order valence-electron chi connectivity index (χ2n) is 6.02. The van der Waals surface area contributed by atoms with Crippen molar-refractivity contribution in [2.24, 2.45) is 10.9 Å². The lowest BCUT2D eigenvalue weighted by Gasteiger charge is -2.34. The molecule has 0 spiro atoms. The molecule has 2 N–H and O–H groups in total. The highest BCUT2D eigenvalue weighted by Crippen LogP contribution is 2.18. The molecule has 19 heavy (non-hydrogen) atoms. The van der Waals surface area contributed by atoms with Gasteiger partial charge in [0, 0.05) is 39.3 Å². The zero-order valence-electron chi connectivity index (χ0n) is 12.5. The molecule has 1 heterocycles. The van der Waals surface area contributed by atoms with Crippen LogP contribution < -0.4 is 10.6 Å². The van der Waals surface area contributed by atoms with Crippen molar-refractivity contribution in [3.63, 3.8) is 0 Å². The first-order chi connectivity index (χ1) is 9.17. The molecule has 110 valence electrons. The average Bonchev–Trinajstić information content (AvgIpc) is 3.18. The first kappa shape index (κ1) is 14.6. The SMILES string of the molecule is CN=C(NCC1CN(CC(C)C)CCO1)NC1CC1. The van der Waals surface area contributed by atoms with Crippen molar-refractivity contribution < 1.29 is 4.74 Å². The van der Waals surface area contributed by atoms with E-state index in [0.29, 0.717) is 6.04 Å². The van der Waals surface area contributed by atoms with Crippen LogP contribution in [0.15, 0.2) is 4.99 Å². The summed E-state index contributed by atoms with van der Waals surface area (Å²) in [5.41, 5.74) is 0. The van der Waals surface area contributed by atoms with Gasteiger partial charge in [-0.25, -0.2) is 0 Å². The first-order valence-electron chi connectivity index (χ1n) is 7.48. The minimum atomic E-state index is 0.269. The van der Waals surface area contributed by atoms with Gasteiger partial charge in [0.1, 0.15) is 0 Å². The second-order valence-corrected chi connectivity index (χ2v) is 6.02. The summed E-state index contributed by atoms with van der Waals surface area (Å²) in [6.07, 6.45) is 2.80. The molecule has 0 radical (unpaired) electrons. The maximum Gasteiger partial charge on any atom is 0.191 e. The minimum absolute atomic E-state index is 0.269. The Morgan fingerprint density at radius 3 is 2.84 bits per heavy atom. The molecular formula is C14H28N4O. The largest absolute Gasteiger partial charge is 0.374 e. The fourth-order valence-electron chi connectivity index (χ4n) is 2.41. The van der Waals surface area contributed by atoms with E-state index < -0.39 is 0 Å². The molecular weight excluding hydrogens is 240 g/mol. The standard InChI is InChI=1S/C14H28N4O/c1-11(2)9-18-6-7-19-13(10-18)8-16-14(15-3)17-12-4-5-12/h11-13H,4-10H2,1-3H3,(H2,15,16,17). The fraction of sp³-hybridized carbons (Fsp3) is 0.929. The van der Waals surface area contributed by atoms with Gasteiger partial charge in [-0.15, -0.1) is 0 Å². The summed E-state index contributed by atoms with van der Waals surface area (Å²) in [6, 6.07) is 0.635. The normalized spacial score (nSPS) is 25.7. The van der Waals surface area contributed by atoms with Gasteiger partial charge in [0.15, 0.2) is 5.96 Å². The average molecular weight is 268 g/mol. The van der Waals surface area contributed by atoms with E-state index in [2.05, 4.69) is 34.4 Å². The number of ether oxygens (including phenoxy) is 1. The van der Waals surface area contributed by atoms with Gasteiger partial charge in [0.25, 0.3) is 0 Å². The lowest BCUT2D eigenvalue weighted by molar-refractivity contribution is -0.0284. The Hall–Kier alpha value is -0.810. The molecule has 1 saturated carbocycles. The molecule has 0 aromatic rings. The molecule has 1 aliphatic heterocycles. The van der Waals surface area contributed by atoms with Crippen molar-refractivity contribution in [3.05, 3.63) is 0 Å². The van der Waals surface area contributed by atoms with Crippen LogP contribution in [0.5, 0.6) is 0 Å². The highest BCUT2D eigenvalue weighted by Gasteiger charge is 2.24. The molecule has 2 rings (SSSR count). The molecule has 1 aliphatic carbocycles. The number of hydrogen-bond donors (Lipinski definition) is 2. The van der Waals surface area contributed by atoms with Crippen LogP contribution in [-0.4, -0.2) is 62.8 Å². The van der Waals surface area contributed by atoms with Crippen LogP contribution in [-0.2, 0) is 4.74 Å². The number of rotatable bonds is 5. The lowest BCUT2D eigenvalue weighted by atomic mass is 10.2. The van der Waals surface area contributed by atoms with E-state index >= 15 is 0 Å². The van der Waals surface area contributed by atoms with Gasteiger partial charge < -0.3 is 15.4 Å². The third-order valence-electron chi connectivity index (χ3n) is 3.49. The van der Waals surface area contributed by atoms with Gasteiger partial charge >= 0.3 is 0 Å². The van der Waals surface area contributed by atoms with Crippen molar-refractivity contribution in [2.75, 3.05) is 39.8 Å². The fourth-order valence-corrected chi connectivity index (χ4v) is 2.41. The summed E-state index contributed by atoms with van der Waals surface area (Å²) in [6.45, 7) is 9.45. The minimum Gasteiger partial charge on any atom is -0.374 e. The number of morpholine rings is 1. The smallest absolute Gasteiger partial charge is 0.191 e. The van der Waals surface area contributed by atoms with Gasteiger partial charge in [0.2, 0.25) is 0 Å². The van der Waals surface area contributed by atoms with Crippen LogP contribution in [0.1, 0.15) is 26.7 Å². The van der Waals surface area contributed by atoms with Crippen LogP contribution in [0.2, 0.25) is 0 Å². The van der Waals surface area contributed by atoms with Gasteiger partial charge in [-0.1, -0.05) is 13.8 Å². The van der Waals surface area contributed by atoms with Crippen LogP contribution in [0.3, 0.4) is 0 Å². The van der Waals surface area contributed by atoms with Crippen LogP contribution >= 0.6 is 0 Å². The number of aliphatic imine (C=N–C) groups is 1. The van der Waals surface area contributed by atoms with E-state index in [0.717, 1.165) is 44.7 Å². The quantitative estimate of drug-likeness (QED) is 0.568. The second kappa shape index (κ2) is 7.10. The number of guanidine groups is 1. The number of nitrogens with zero attached hydrogens (tertiary/aromatic N) is 2. The first-order valence-corrected chi connectivity index (χ1v) is 7.48. The molecule has 1 saturated heterocycles. The van der Waals surface area contributed by atoms with E-state index in [1.165, 1.54) is 12.8 Å². The Bertz CT molecular complexity index is 302. The predicted octanol–water partition coefficient (Wildman–Crippen LogP) is 0.671. The Labute approximate surface area is 116 Å². The highest BCUT2D eigenvalue weighted by molar-refractivity contribution is 5.80. The van der Waals surface area contributed by atoms with Crippen molar-refractivity contribution in [1.82, 2.24) is 15.5 Å². The Kier molecular flexibility index (Phi) is 5.45. The van der Waals surface area contributed by atoms with Crippen molar-refractivity contribution in [2.45, 2.75) is 38.8 Å². The molecule has 2 aliphatic rings. The van der Waals surface area contributed by atoms with Gasteiger partial charge in [-0.05, 0) is 18.8 Å². The summed E-state index contributed by atoms with van der Waals surface area (Å²) in [5.74, 6) is 1.63. The molecule has 1 unspecified atom stereocenters. The Morgan fingerprint density at radius 2 is 2.21 bits per heavy atom. The Morgan fingerprint density at radius 1 is 1.42 bits per heavy atom. The molecule has 5 heteroatoms. The van der Waals surface area contributed by atoms with Crippen LogP contribution in [0.25, 0.3) is 0 Å². The predicted molar refractivity (Wildman–Crippen MR) is 78.5 cm³/mol. The molecule has 0 aromatic heterocycles. The molecule has 0 bridgehead atoms. The van der Waals surface area contributed by atoms with Gasteiger partial charge in [0.05, 0.1) is 12.7 Å². The molecule has 2 fully saturated rings. The molecule has 1 atom stereocenters. The highest BCUT2D eigenvalue weighted by atomic mass is 16.5. The summed E-state index contributed by atoms with van der Waals surface area (Å²) in [5, 5.41) is 6.76.